The van der Waals surface area contributed by atoms with Gasteiger partial charge in [-0.25, -0.2) is 4.79 Å². The van der Waals surface area contributed by atoms with Crippen molar-refractivity contribution < 1.29 is 19.1 Å². The van der Waals surface area contributed by atoms with Gasteiger partial charge in [0.05, 0.1) is 24.1 Å². The highest BCUT2D eigenvalue weighted by molar-refractivity contribution is 6.16. The highest BCUT2D eigenvalue weighted by Gasteiger charge is 2.30. The molecular formula is C29H32N6O4. The van der Waals surface area contributed by atoms with E-state index in [9.17, 15) is 9.59 Å². The van der Waals surface area contributed by atoms with E-state index in [-0.39, 0.29) is 17.6 Å². The van der Waals surface area contributed by atoms with E-state index >= 15 is 0 Å². The highest BCUT2D eigenvalue weighted by Crippen LogP contribution is 2.41. The van der Waals surface area contributed by atoms with Gasteiger partial charge in [0.25, 0.3) is 0 Å². The number of fused-ring (bicyclic) bond motifs is 2. The second-order valence-corrected chi connectivity index (χ2v) is 9.42. The molecule has 5 rings (SSSR count). The molecule has 0 atom stereocenters. The Morgan fingerprint density at radius 3 is 2.62 bits per heavy atom. The molecule has 0 aliphatic carbocycles. The first kappa shape index (κ1) is 26.1. The second-order valence-electron chi connectivity index (χ2n) is 9.42. The third-order valence-corrected chi connectivity index (χ3v) is 7.07. The van der Waals surface area contributed by atoms with E-state index in [4.69, 9.17) is 9.47 Å². The number of allylic oxidation sites excluding steroid dienone is 1. The number of carbonyl (C=O) groups excluding carboxylic acids is 2. The summed E-state index contributed by atoms with van der Waals surface area (Å²) in [4.78, 5) is 25.3. The number of ketones is 1. The van der Waals surface area contributed by atoms with E-state index < -0.39 is 0 Å². The van der Waals surface area contributed by atoms with Gasteiger partial charge in [0.15, 0.2) is 5.76 Å². The van der Waals surface area contributed by atoms with Crippen molar-refractivity contribution >= 4 is 34.5 Å². The van der Waals surface area contributed by atoms with Crippen molar-refractivity contribution in [1.29, 1.82) is 0 Å². The Bertz CT molecular complexity index is 1650. The zero-order valence-corrected chi connectivity index (χ0v) is 22.9. The number of ether oxygens (including phenoxy) is 2. The number of benzene rings is 2. The maximum absolute atomic E-state index is 13.6. The first-order chi connectivity index (χ1) is 18.8. The molecule has 0 fully saturated rings. The number of nitrogens with one attached hydrogen (secondary N) is 3. The van der Waals surface area contributed by atoms with Crippen LogP contribution in [0.15, 0.2) is 42.2 Å². The van der Waals surface area contributed by atoms with Crippen molar-refractivity contribution in [3.05, 3.63) is 64.7 Å². The van der Waals surface area contributed by atoms with Gasteiger partial charge in [0.1, 0.15) is 11.5 Å². The lowest BCUT2D eigenvalue weighted by molar-refractivity contribution is 0.101. The van der Waals surface area contributed by atoms with Crippen LogP contribution in [0.25, 0.3) is 28.2 Å². The minimum Gasteiger partial charge on any atom is -0.497 e. The number of likely N-dealkylation sites (N-methyl/N-ethyl adjacent to an activating group) is 1. The highest BCUT2D eigenvalue weighted by atomic mass is 16.5. The largest absolute Gasteiger partial charge is 0.497 e. The molecule has 0 spiro atoms. The summed E-state index contributed by atoms with van der Waals surface area (Å²) < 4.78 is 15.8. The summed E-state index contributed by atoms with van der Waals surface area (Å²) in [5.74, 6) is 1.11. The minimum absolute atomic E-state index is 0.207. The monoisotopic (exact) mass is 528 g/mol. The fourth-order valence-electron chi connectivity index (χ4n) is 5.07. The molecule has 2 aromatic heterocycles. The van der Waals surface area contributed by atoms with Gasteiger partial charge in [0.2, 0.25) is 5.78 Å². The number of aryl methyl sites for hydroxylation is 2. The zero-order chi connectivity index (χ0) is 27.8. The van der Waals surface area contributed by atoms with Gasteiger partial charge in [0, 0.05) is 60.6 Å². The molecule has 3 heterocycles. The smallest absolute Gasteiger partial charge is 0.318 e. The number of aromatic nitrogens is 3. The van der Waals surface area contributed by atoms with E-state index in [1.165, 1.54) is 7.05 Å². The lowest BCUT2D eigenvalue weighted by Crippen LogP contribution is -2.24. The zero-order valence-electron chi connectivity index (χ0n) is 22.9. The molecule has 202 valence electrons. The Labute approximate surface area is 226 Å². The van der Waals surface area contributed by atoms with Crippen LogP contribution in [0.2, 0.25) is 0 Å². The van der Waals surface area contributed by atoms with Crippen molar-refractivity contribution in [3.63, 3.8) is 0 Å². The molecule has 1 aliphatic rings. The van der Waals surface area contributed by atoms with Gasteiger partial charge >= 0.3 is 6.03 Å². The van der Waals surface area contributed by atoms with Crippen LogP contribution in [0.4, 0.5) is 10.5 Å². The van der Waals surface area contributed by atoms with Gasteiger partial charge < -0.3 is 30.0 Å². The van der Waals surface area contributed by atoms with Gasteiger partial charge in [-0.1, -0.05) is 0 Å². The number of urea groups is 1. The standard InChI is InChI=1S/C29H32N6O4/c1-16-26(17(2)34(5)33-16)27-21(20-14-19(38-6)8-9-23(20)35(27)12-11-30-3)15-25-28(36)22-13-18(32-29(37)31-4)7-10-24(22)39-25/h7-10,13-15,30H,11-12H2,1-6H3,(H2,31,32,37). The topological polar surface area (TPSA) is 111 Å². The normalized spacial score (nSPS) is 13.6. The van der Waals surface area contributed by atoms with Crippen molar-refractivity contribution in [2.45, 2.75) is 20.4 Å². The Morgan fingerprint density at radius 2 is 1.95 bits per heavy atom. The van der Waals surface area contributed by atoms with Crippen LogP contribution in [0.3, 0.4) is 0 Å². The average Bonchev–Trinajstić information content (AvgIpc) is 3.50. The lowest BCUT2D eigenvalue weighted by Gasteiger charge is -2.12. The molecule has 0 bridgehead atoms. The summed E-state index contributed by atoms with van der Waals surface area (Å²) >= 11 is 0. The first-order valence-electron chi connectivity index (χ1n) is 12.7. The molecule has 2 amide bonds. The number of carbonyl (C=O) groups is 2. The Hall–Kier alpha value is -4.57. The van der Waals surface area contributed by atoms with Gasteiger partial charge in [-0.3, -0.25) is 9.48 Å². The van der Waals surface area contributed by atoms with Crippen LogP contribution in [0.1, 0.15) is 27.3 Å². The molecule has 10 heteroatoms. The summed E-state index contributed by atoms with van der Waals surface area (Å²) in [5, 5.41) is 14.1. The number of amides is 2. The van der Waals surface area contributed by atoms with Crippen LogP contribution in [-0.4, -0.2) is 53.9 Å². The van der Waals surface area contributed by atoms with Crippen molar-refractivity contribution in [1.82, 2.24) is 25.0 Å². The predicted molar refractivity (Wildman–Crippen MR) is 152 cm³/mol. The molecule has 10 nitrogen and oxygen atoms in total. The van der Waals surface area contributed by atoms with Crippen molar-refractivity contribution in [3.8, 4) is 22.8 Å². The van der Waals surface area contributed by atoms with E-state index in [2.05, 4.69) is 25.6 Å². The van der Waals surface area contributed by atoms with Gasteiger partial charge in [-0.2, -0.15) is 5.10 Å². The van der Waals surface area contributed by atoms with E-state index in [1.807, 2.05) is 56.9 Å². The molecule has 3 N–H and O–H groups in total. The number of Topliss-reactive ketones (excluding diaryl/α,β-unsaturated/α-hetero) is 1. The minimum atomic E-state index is -0.368. The first-order valence-corrected chi connectivity index (χ1v) is 12.7. The van der Waals surface area contributed by atoms with Gasteiger partial charge in [-0.05, 0) is 63.4 Å². The molecule has 0 saturated carbocycles. The predicted octanol–water partition coefficient (Wildman–Crippen LogP) is 4.25. The molecule has 1 aliphatic heterocycles. The van der Waals surface area contributed by atoms with Gasteiger partial charge in [-0.15, -0.1) is 0 Å². The quantitative estimate of drug-likeness (QED) is 0.309. The summed E-state index contributed by atoms with van der Waals surface area (Å²) in [5.41, 5.74) is 6.62. The number of methoxy groups -OCH3 is 1. The third kappa shape index (κ3) is 4.52. The lowest BCUT2D eigenvalue weighted by atomic mass is 10.0. The maximum atomic E-state index is 13.6. The molecule has 0 saturated heterocycles. The van der Waals surface area contributed by atoms with Crippen LogP contribution < -0.4 is 25.4 Å². The van der Waals surface area contributed by atoms with Crippen molar-refractivity contribution in [2.75, 3.05) is 33.1 Å². The molecule has 39 heavy (non-hydrogen) atoms. The average molecular weight is 529 g/mol. The van der Waals surface area contributed by atoms with E-state index in [1.54, 1.807) is 25.3 Å². The Kier molecular flexibility index (Phi) is 6.88. The maximum Gasteiger partial charge on any atom is 0.318 e. The fraction of sp³-hybridized carbons (Fsp3) is 0.276. The number of nitrogens with zero attached hydrogens (tertiary/aromatic N) is 3. The SMILES string of the molecule is CNCCn1c(-c2c(C)nn(C)c2C)c(C=C2Oc3ccc(NC(=O)NC)cc3C2=O)c2cc(OC)ccc21. The second kappa shape index (κ2) is 10.3. The fourth-order valence-corrected chi connectivity index (χ4v) is 5.07. The van der Waals surface area contributed by atoms with Crippen LogP contribution in [0, 0.1) is 13.8 Å². The summed E-state index contributed by atoms with van der Waals surface area (Å²) in [6, 6.07) is 10.6. The Morgan fingerprint density at radius 1 is 1.15 bits per heavy atom. The Balaban J connectivity index is 1.73. The molecule has 0 radical (unpaired) electrons. The number of hydrogen-bond acceptors (Lipinski definition) is 6. The van der Waals surface area contributed by atoms with E-state index in [0.29, 0.717) is 29.3 Å². The molecule has 2 aromatic carbocycles. The molecular weight excluding hydrogens is 496 g/mol. The number of rotatable bonds is 7. The summed E-state index contributed by atoms with van der Waals surface area (Å²) in [6.45, 7) is 5.49. The summed E-state index contributed by atoms with van der Waals surface area (Å²) in [6.07, 6.45) is 1.81. The van der Waals surface area contributed by atoms with Crippen LogP contribution >= 0.6 is 0 Å². The number of hydrogen-bond donors (Lipinski definition) is 3. The molecule has 4 aromatic rings. The summed E-state index contributed by atoms with van der Waals surface area (Å²) in [7, 11) is 7.02. The third-order valence-electron chi connectivity index (χ3n) is 7.07. The van der Waals surface area contributed by atoms with Crippen LogP contribution in [-0.2, 0) is 13.6 Å². The molecule has 0 unspecified atom stereocenters. The van der Waals surface area contributed by atoms with E-state index in [0.717, 1.165) is 45.7 Å². The van der Waals surface area contributed by atoms with Crippen LogP contribution in [0.5, 0.6) is 11.5 Å². The number of anilines is 1. The van der Waals surface area contributed by atoms with Crippen molar-refractivity contribution in [2.24, 2.45) is 7.05 Å².